The lowest BCUT2D eigenvalue weighted by Crippen LogP contribution is -2.09. The smallest absolute Gasteiger partial charge is 0.134 e. The highest BCUT2D eigenvalue weighted by atomic mass is 32.1. The maximum absolute atomic E-state index is 9.34. The average molecular weight is 286 g/mol. The zero-order valence-electron chi connectivity index (χ0n) is 10.7. The summed E-state index contributed by atoms with van der Waals surface area (Å²) < 4.78 is 0. The summed E-state index contributed by atoms with van der Waals surface area (Å²) in [6.07, 6.45) is 5.33. The van der Waals surface area contributed by atoms with E-state index >= 15 is 0 Å². The molecule has 0 aliphatic heterocycles. The van der Waals surface area contributed by atoms with Crippen LogP contribution in [0.25, 0.3) is 11.6 Å². The lowest BCUT2D eigenvalue weighted by Gasteiger charge is -2.15. The molecule has 0 bridgehead atoms. The molecule has 0 amide bonds. The van der Waals surface area contributed by atoms with Crippen LogP contribution in [0.3, 0.4) is 0 Å². The Morgan fingerprint density at radius 3 is 3.21 bits per heavy atom. The van der Waals surface area contributed by atoms with E-state index in [0.717, 1.165) is 28.6 Å². The monoisotopic (exact) mass is 286 g/mol. The minimum absolute atomic E-state index is 0.689. The van der Waals surface area contributed by atoms with E-state index in [1.165, 1.54) is 17.0 Å². The first-order valence-corrected chi connectivity index (χ1v) is 8.10. The lowest BCUT2D eigenvalue weighted by atomic mass is 9.93. The van der Waals surface area contributed by atoms with Crippen molar-refractivity contribution in [3.05, 3.63) is 38.0 Å². The Bertz CT molecular complexity index is 644. The molecule has 1 atom stereocenters. The number of aromatic nitrogens is 1. The average Bonchev–Trinajstić information content (AvgIpc) is 3.03. The van der Waals surface area contributed by atoms with E-state index in [1.807, 2.05) is 23.6 Å². The van der Waals surface area contributed by atoms with E-state index in [0.29, 0.717) is 5.57 Å². The molecule has 2 aromatic rings. The second-order valence-electron chi connectivity index (χ2n) is 4.92. The molecular formula is C15H14N2S2. The number of thiazole rings is 1. The van der Waals surface area contributed by atoms with Gasteiger partial charge in [0.15, 0.2) is 0 Å². The summed E-state index contributed by atoms with van der Waals surface area (Å²) in [5, 5.41) is 12.3. The second-order valence-corrected chi connectivity index (χ2v) is 6.98. The van der Waals surface area contributed by atoms with E-state index in [-0.39, 0.29) is 0 Å². The summed E-state index contributed by atoms with van der Waals surface area (Å²) in [7, 11) is 0. The fraction of sp³-hybridized carbons (Fsp3) is 0.333. The van der Waals surface area contributed by atoms with Crippen LogP contribution in [0.15, 0.2) is 17.5 Å². The molecule has 4 heteroatoms. The molecule has 0 saturated carbocycles. The van der Waals surface area contributed by atoms with Gasteiger partial charge in [0.1, 0.15) is 11.1 Å². The molecule has 2 heterocycles. The number of hydrogen-bond donors (Lipinski definition) is 0. The van der Waals surface area contributed by atoms with Gasteiger partial charge < -0.3 is 0 Å². The van der Waals surface area contributed by atoms with Gasteiger partial charge in [0, 0.05) is 9.75 Å². The van der Waals surface area contributed by atoms with Gasteiger partial charge >= 0.3 is 0 Å². The van der Waals surface area contributed by atoms with Gasteiger partial charge in [-0.15, -0.1) is 22.7 Å². The maximum Gasteiger partial charge on any atom is 0.134 e. The Kier molecular flexibility index (Phi) is 3.50. The van der Waals surface area contributed by atoms with Gasteiger partial charge in [-0.25, -0.2) is 4.98 Å². The highest BCUT2D eigenvalue weighted by Crippen LogP contribution is 2.33. The standard InChI is InChI=1S/C15H14N2S2/c1-10-4-5-13-14(7-10)19-15(17-13)11(9-16)8-12-3-2-6-18-12/h2-3,6,8,10H,4-5,7H2,1H3/b11-8-. The third kappa shape index (κ3) is 2.63. The van der Waals surface area contributed by atoms with Gasteiger partial charge in [-0.05, 0) is 42.7 Å². The minimum atomic E-state index is 0.689. The molecule has 0 N–H and O–H groups in total. The molecule has 96 valence electrons. The molecule has 1 aliphatic carbocycles. The minimum Gasteiger partial charge on any atom is -0.240 e. The van der Waals surface area contributed by atoms with Crippen LogP contribution in [0.2, 0.25) is 0 Å². The zero-order valence-corrected chi connectivity index (χ0v) is 12.4. The van der Waals surface area contributed by atoms with Gasteiger partial charge in [-0.2, -0.15) is 5.26 Å². The molecule has 0 aromatic carbocycles. The Labute approximate surface area is 121 Å². The fourth-order valence-electron chi connectivity index (χ4n) is 2.31. The Morgan fingerprint density at radius 1 is 1.58 bits per heavy atom. The van der Waals surface area contributed by atoms with Crippen LogP contribution < -0.4 is 0 Å². The molecule has 1 aliphatic rings. The molecule has 0 spiro atoms. The van der Waals surface area contributed by atoms with Crippen molar-refractivity contribution in [1.82, 2.24) is 4.98 Å². The van der Waals surface area contributed by atoms with Crippen molar-refractivity contribution in [2.75, 3.05) is 0 Å². The van der Waals surface area contributed by atoms with Crippen LogP contribution >= 0.6 is 22.7 Å². The molecular weight excluding hydrogens is 272 g/mol. The number of nitrogens with zero attached hydrogens (tertiary/aromatic N) is 2. The molecule has 1 unspecified atom stereocenters. The van der Waals surface area contributed by atoms with Crippen LogP contribution in [0.4, 0.5) is 0 Å². The topological polar surface area (TPSA) is 36.7 Å². The number of rotatable bonds is 2. The largest absolute Gasteiger partial charge is 0.240 e. The highest BCUT2D eigenvalue weighted by Gasteiger charge is 2.20. The van der Waals surface area contributed by atoms with Crippen LogP contribution in [-0.2, 0) is 12.8 Å². The van der Waals surface area contributed by atoms with Gasteiger partial charge in [0.2, 0.25) is 0 Å². The maximum atomic E-state index is 9.34. The quantitative estimate of drug-likeness (QED) is 0.767. The van der Waals surface area contributed by atoms with Crippen molar-refractivity contribution in [1.29, 1.82) is 5.26 Å². The van der Waals surface area contributed by atoms with E-state index in [9.17, 15) is 5.26 Å². The van der Waals surface area contributed by atoms with E-state index in [1.54, 1.807) is 22.7 Å². The summed E-state index contributed by atoms with van der Waals surface area (Å²) in [6, 6.07) is 6.32. The number of fused-ring (bicyclic) bond motifs is 1. The van der Waals surface area contributed by atoms with E-state index in [2.05, 4.69) is 18.0 Å². The number of thiophene rings is 1. The van der Waals surface area contributed by atoms with Gasteiger partial charge in [0.25, 0.3) is 0 Å². The predicted molar refractivity (Wildman–Crippen MR) is 81.1 cm³/mol. The number of nitriles is 1. The molecule has 19 heavy (non-hydrogen) atoms. The van der Waals surface area contributed by atoms with Gasteiger partial charge in [-0.1, -0.05) is 13.0 Å². The third-order valence-corrected chi connectivity index (χ3v) is 5.34. The Hall–Kier alpha value is -1.44. The predicted octanol–water partition coefficient (Wildman–Crippen LogP) is 4.39. The summed E-state index contributed by atoms with van der Waals surface area (Å²) >= 11 is 3.34. The van der Waals surface area contributed by atoms with Crippen LogP contribution in [0.5, 0.6) is 0 Å². The van der Waals surface area contributed by atoms with Crippen molar-refractivity contribution in [2.45, 2.75) is 26.2 Å². The zero-order chi connectivity index (χ0) is 13.2. The summed E-state index contributed by atoms with van der Waals surface area (Å²) in [5.74, 6) is 0.743. The van der Waals surface area contributed by atoms with Gasteiger partial charge in [-0.3, -0.25) is 0 Å². The third-order valence-electron chi connectivity index (χ3n) is 3.37. The van der Waals surface area contributed by atoms with Gasteiger partial charge in [0.05, 0.1) is 11.3 Å². The molecule has 0 fully saturated rings. The van der Waals surface area contributed by atoms with Crippen molar-refractivity contribution in [2.24, 2.45) is 5.92 Å². The highest BCUT2D eigenvalue weighted by molar-refractivity contribution is 7.13. The van der Waals surface area contributed by atoms with Crippen molar-refractivity contribution < 1.29 is 0 Å². The molecule has 3 rings (SSSR count). The van der Waals surface area contributed by atoms with Crippen molar-refractivity contribution >= 4 is 34.3 Å². The van der Waals surface area contributed by atoms with Crippen LogP contribution in [0.1, 0.15) is 33.8 Å². The van der Waals surface area contributed by atoms with E-state index < -0.39 is 0 Å². The molecule has 0 saturated heterocycles. The number of aryl methyl sites for hydroxylation is 1. The van der Waals surface area contributed by atoms with Crippen LogP contribution in [-0.4, -0.2) is 4.98 Å². The normalized spacial score (nSPS) is 18.9. The first-order chi connectivity index (χ1) is 9.26. The Morgan fingerprint density at radius 2 is 2.47 bits per heavy atom. The molecule has 2 aromatic heterocycles. The first-order valence-electron chi connectivity index (χ1n) is 6.40. The lowest BCUT2D eigenvalue weighted by molar-refractivity contribution is 0.502. The molecule has 2 nitrogen and oxygen atoms in total. The Balaban J connectivity index is 1.95. The first kappa shape index (κ1) is 12.6. The second kappa shape index (κ2) is 5.28. The summed E-state index contributed by atoms with van der Waals surface area (Å²) in [4.78, 5) is 7.15. The SMILES string of the molecule is CC1CCc2nc(/C(C#N)=C\c3cccs3)sc2C1. The van der Waals surface area contributed by atoms with E-state index in [4.69, 9.17) is 0 Å². The molecule has 0 radical (unpaired) electrons. The van der Waals surface area contributed by atoms with Crippen molar-refractivity contribution in [3.63, 3.8) is 0 Å². The summed E-state index contributed by atoms with van der Waals surface area (Å²) in [6.45, 7) is 2.29. The summed E-state index contributed by atoms with van der Waals surface area (Å²) in [5.41, 5.74) is 1.90. The van der Waals surface area contributed by atoms with Crippen molar-refractivity contribution in [3.8, 4) is 6.07 Å². The number of hydrogen-bond acceptors (Lipinski definition) is 4. The van der Waals surface area contributed by atoms with Crippen LogP contribution in [0, 0.1) is 17.2 Å². The number of allylic oxidation sites excluding steroid dienone is 1. The fourth-order valence-corrected chi connectivity index (χ4v) is 4.21.